The third-order valence-corrected chi connectivity index (χ3v) is 5.60. The fourth-order valence-corrected chi connectivity index (χ4v) is 3.51. The van der Waals surface area contributed by atoms with Crippen LogP contribution in [-0.4, -0.2) is 54.4 Å². The minimum atomic E-state index is -0.0613. The Kier molecular flexibility index (Phi) is 7.53. The number of hydrogen-bond acceptors (Lipinski definition) is 3. The predicted molar refractivity (Wildman–Crippen MR) is 114 cm³/mol. The van der Waals surface area contributed by atoms with Gasteiger partial charge in [0.25, 0.3) is 5.91 Å². The monoisotopic (exact) mass is 414 g/mol. The van der Waals surface area contributed by atoms with Gasteiger partial charge in [-0.05, 0) is 49.1 Å². The highest BCUT2D eigenvalue weighted by Gasteiger charge is 2.24. The van der Waals surface area contributed by atoms with Gasteiger partial charge in [-0.2, -0.15) is 0 Å². The largest absolute Gasteiger partial charge is 0.484 e. The first-order valence-electron chi connectivity index (χ1n) is 10.0. The van der Waals surface area contributed by atoms with Crippen molar-refractivity contribution in [2.45, 2.75) is 26.2 Å². The van der Waals surface area contributed by atoms with Crippen molar-refractivity contribution < 1.29 is 14.3 Å². The van der Waals surface area contributed by atoms with Gasteiger partial charge in [-0.25, -0.2) is 0 Å². The number of benzene rings is 2. The van der Waals surface area contributed by atoms with Crippen LogP contribution >= 0.6 is 11.6 Å². The molecule has 2 aromatic carbocycles. The number of piperazine rings is 1. The maximum Gasteiger partial charge on any atom is 0.260 e. The number of carbonyl (C=O) groups is 2. The van der Waals surface area contributed by atoms with Gasteiger partial charge in [0.05, 0.1) is 0 Å². The van der Waals surface area contributed by atoms with Crippen molar-refractivity contribution in [3.8, 4) is 5.75 Å². The molecule has 1 fully saturated rings. The molecule has 0 aromatic heterocycles. The van der Waals surface area contributed by atoms with Crippen LogP contribution in [0.15, 0.2) is 48.5 Å². The first kappa shape index (κ1) is 21.2. The lowest BCUT2D eigenvalue weighted by atomic mass is 10.1. The number of hydrogen-bond donors (Lipinski definition) is 0. The first-order valence-corrected chi connectivity index (χ1v) is 10.4. The molecule has 1 heterocycles. The van der Waals surface area contributed by atoms with Crippen LogP contribution in [0, 0.1) is 6.92 Å². The quantitative estimate of drug-likeness (QED) is 0.693. The number of rotatable bonds is 7. The summed E-state index contributed by atoms with van der Waals surface area (Å²) in [6.07, 6.45) is 2.30. The molecule has 0 radical (unpaired) electrons. The summed E-state index contributed by atoms with van der Waals surface area (Å²) in [7, 11) is 0. The molecule has 1 saturated heterocycles. The Morgan fingerprint density at radius 2 is 1.62 bits per heavy atom. The zero-order chi connectivity index (χ0) is 20.6. The van der Waals surface area contributed by atoms with Crippen molar-refractivity contribution in [1.29, 1.82) is 0 Å². The molecule has 6 heteroatoms. The van der Waals surface area contributed by atoms with E-state index in [1.165, 1.54) is 5.56 Å². The second kappa shape index (κ2) is 10.3. The summed E-state index contributed by atoms with van der Waals surface area (Å²) in [5, 5.41) is 0.674. The number of aryl methyl sites for hydroxylation is 2. The summed E-state index contributed by atoms with van der Waals surface area (Å²) >= 11 is 6.00. The van der Waals surface area contributed by atoms with E-state index in [0.29, 0.717) is 43.4 Å². The van der Waals surface area contributed by atoms with E-state index in [-0.39, 0.29) is 18.4 Å². The Bertz CT molecular complexity index is 833. The van der Waals surface area contributed by atoms with Gasteiger partial charge in [-0.3, -0.25) is 9.59 Å². The Hall–Kier alpha value is -2.53. The van der Waals surface area contributed by atoms with E-state index in [9.17, 15) is 9.59 Å². The molecule has 0 aliphatic carbocycles. The molecule has 0 saturated carbocycles. The van der Waals surface area contributed by atoms with Gasteiger partial charge in [-0.15, -0.1) is 0 Å². The first-order chi connectivity index (χ1) is 14.0. The maximum absolute atomic E-state index is 12.4. The third-order valence-electron chi connectivity index (χ3n) is 5.18. The van der Waals surface area contributed by atoms with Gasteiger partial charge in [0.2, 0.25) is 5.91 Å². The molecule has 2 aromatic rings. The Labute approximate surface area is 177 Å². The van der Waals surface area contributed by atoms with Crippen LogP contribution in [0.2, 0.25) is 5.02 Å². The lowest BCUT2D eigenvalue weighted by Crippen LogP contribution is -2.51. The van der Waals surface area contributed by atoms with Crippen LogP contribution in [0.5, 0.6) is 5.75 Å². The van der Waals surface area contributed by atoms with Crippen LogP contribution in [0.25, 0.3) is 0 Å². The summed E-state index contributed by atoms with van der Waals surface area (Å²) in [5.41, 5.74) is 2.17. The number of halogens is 1. The van der Waals surface area contributed by atoms with Gasteiger partial charge < -0.3 is 14.5 Å². The minimum Gasteiger partial charge on any atom is -0.484 e. The minimum absolute atomic E-state index is 0.00784. The summed E-state index contributed by atoms with van der Waals surface area (Å²) in [6, 6.07) is 15.5. The average Bonchev–Trinajstić information content (AvgIpc) is 2.75. The summed E-state index contributed by atoms with van der Waals surface area (Å²) in [5.74, 6) is 0.738. The highest BCUT2D eigenvalue weighted by atomic mass is 35.5. The van der Waals surface area contributed by atoms with E-state index >= 15 is 0 Å². The van der Waals surface area contributed by atoms with Crippen molar-refractivity contribution in [3.05, 3.63) is 64.7 Å². The van der Waals surface area contributed by atoms with E-state index in [2.05, 4.69) is 12.1 Å². The van der Waals surface area contributed by atoms with Gasteiger partial charge in [0, 0.05) is 37.6 Å². The third kappa shape index (κ3) is 6.23. The molecule has 2 amide bonds. The second-order valence-electron chi connectivity index (χ2n) is 7.30. The Balaban J connectivity index is 1.37. The lowest BCUT2D eigenvalue weighted by molar-refractivity contribution is -0.140. The number of carbonyl (C=O) groups excluding carboxylic acids is 2. The van der Waals surface area contributed by atoms with Crippen LogP contribution in [-0.2, 0) is 16.0 Å². The molecule has 1 aliphatic heterocycles. The highest BCUT2D eigenvalue weighted by Crippen LogP contribution is 2.21. The second-order valence-corrected chi connectivity index (χ2v) is 7.71. The Morgan fingerprint density at radius 1 is 0.966 bits per heavy atom. The van der Waals surface area contributed by atoms with Crippen molar-refractivity contribution >= 4 is 23.4 Å². The fraction of sp³-hybridized carbons (Fsp3) is 0.391. The molecule has 154 valence electrons. The average molecular weight is 415 g/mol. The van der Waals surface area contributed by atoms with E-state index in [4.69, 9.17) is 16.3 Å². The van der Waals surface area contributed by atoms with E-state index < -0.39 is 0 Å². The molecule has 0 bridgehead atoms. The molecule has 3 rings (SSSR count). The summed E-state index contributed by atoms with van der Waals surface area (Å²) < 4.78 is 5.60. The Morgan fingerprint density at radius 3 is 2.28 bits per heavy atom. The number of nitrogens with zero attached hydrogens (tertiary/aromatic N) is 2. The fourth-order valence-electron chi connectivity index (χ4n) is 3.40. The smallest absolute Gasteiger partial charge is 0.260 e. The zero-order valence-corrected chi connectivity index (χ0v) is 17.5. The molecule has 1 aliphatic rings. The maximum atomic E-state index is 12.4. The predicted octanol–water partition coefficient (Wildman–Crippen LogP) is 3.72. The highest BCUT2D eigenvalue weighted by molar-refractivity contribution is 6.31. The molecular weight excluding hydrogens is 388 g/mol. The SMILES string of the molecule is Cc1cc(OCC(=O)N2CCN(C(=O)CCCc3ccccc3)CC2)ccc1Cl. The molecule has 0 unspecified atom stereocenters. The summed E-state index contributed by atoms with van der Waals surface area (Å²) in [6.45, 7) is 4.14. The van der Waals surface area contributed by atoms with Crippen LogP contribution in [0.1, 0.15) is 24.0 Å². The standard InChI is InChI=1S/C23H27ClN2O3/c1-18-16-20(10-11-21(18)24)29-17-23(28)26-14-12-25(13-15-26)22(27)9-5-8-19-6-3-2-4-7-19/h2-4,6-7,10-11,16H,5,8-9,12-15,17H2,1H3. The summed E-state index contributed by atoms with van der Waals surface area (Å²) in [4.78, 5) is 28.4. The zero-order valence-electron chi connectivity index (χ0n) is 16.8. The van der Waals surface area contributed by atoms with Crippen LogP contribution < -0.4 is 4.74 Å². The van der Waals surface area contributed by atoms with Gasteiger partial charge >= 0.3 is 0 Å². The number of ether oxygens (including phenoxy) is 1. The van der Waals surface area contributed by atoms with Gasteiger partial charge in [0.1, 0.15) is 5.75 Å². The van der Waals surface area contributed by atoms with E-state index in [0.717, 1.165) is 18.4 Å². The molecule has 0 spiro atoms. The lowest BCUT2D eigenvalue weighted by Gasteiger charge is -2.34. The molecule has 5 nitrogen and oxygen atoms in total. The molecule has 0 atom stereocenters. The van der Waals surface area contributed by atoms with Crippen molar-refractivity contribution in [1.82, 2.24) is 9.80 Å². The molecular formula is C23H27ClN2O3. The molecule has 0 N–H and O–H groups in total. The number of amides is 2. The van der Waals surface area contributed by atoms with Crippen molar-refractivity contribution in [2.75, 3.05) is 32.8 Å². The normalized spacial score (nSPS) is 14.0. The van der Waals surface area contributed by atoms with Crippen molar-refractivity contribution in [3.63, 3.8) is 0 Å². The van der Waals surface area contributed by atoms with Crippen molar-refractivity contribution in [2.24, 2.45) is 0 Å². The van der Waals surface area contributed by atoms with Crippen LogP contribution in [0.4, 0.5) is 0 Å². The van der Waals surface area contributed by atoms with E-state index in [1.807, 2.05) is 36.1 Å². The molecule has 29 heavy (non-hydrogen) atoms. The topological polar surface area (TPSA) is 49.9 Å². The van der Waals surface area contributed by atoms with Crippen LogP contribution in [0.3, 0.4) is 0 Å². The van der Waals surface area contributed by atoms with Gasteiger partial charge in [-0.1, -0.05) is 41.9 Å². The van der Waals surface area contributed by atoms with Gasteiger partial charge in [0.15, 0.2) is 6.61 Å². The van der Waals surface area contributed by atoms with E-state index in [1.54, 1.807) is 17.0 Å².